The zero-order chi connectivity index (χ0) is 15.5. The van der Waals surface area contributed by atoms with E-state index in [0.29, 0.717) is 23.8 Å². The van der Waals surface area contributed by atoms with Crippen molar-refractivity contribution in [2.24, 2.45) is 0 Å². The van der Waals surface area contributed by atoms with Gasteiger partial charge in [0.2, 0.25) is 0 Å². The van der Waals surface area contributed by atoms with Crippen LogP contribution in [0.25, 0.3) is 0 Å². The maximum atomic E-state index is 12.4. The molecule has 0 fully saturated rings. The van der Waals surface area contributed by atoms with E-state index in [1.807, 2.05) is 0 Å². The van der Waals surface area contributed by atoms with E-state index in [1.54, 1.807) is 0 Å². The number of nitrogens with zero attached hydrogens (tertiary/aromatic N) is 3. The summed E-state index contributed by atoms with van der Waals surface area (Å²) in [6.07, 6.45) is -1.80. The van der Waals surface area contributed by atoms with E-state index in [9.17, 15) is 18.0 Å². The monoisotopic (exact) mass is 318 g/mol. The molecule has 21 heavy (non-hydrogen) atoms. The van der Waals surface area contributed by atoms with Crippen molar-refractivity contribution in [3.63, 3.8) is 0 Å². The molecule has 0 spiro atoms. The lowest BCUT2D eigenvalue weighted by atomic mass is 10.4. The highest BCUT2D eigenvalue weighted by molar-refractivity contribution is 7.09. The highest BCUT2D eigenvalue weighted by Gasteiger charge is 2.33. The van der Waals surface area contributed by atoms with Crippen molar-refractivity contribution in [3.8, 4) is 0 Å². The summed E-state index contributed by atoms with van der Waals surface area (Å²) in [6, 6.07) is 0. The Kier molecular flexibility index (Phi) is 4.36. The van der Waals surface area contributed by atoms with Crippen LogP contribution in [0.4, 0.5) is 19.0 Å². The number of halogens is 3. The Morgan fingerprint density at radius 3 is 2.62 bits per heavy atom. The second-order valence-electron chi connectivity index (χ2n) is 3.89. The summed E-state index contributed by atoms with van der Waals surface area (Å²) < 4.78 is 37.1. The number of hydrogen-bond donors (Lipinski definition) is 2. The van der Waals surface area contributed by atoms with Gasteiger partial charge in [-0.05, 0) is 0 Å². The van der Waals surface area contributed by atoms with Gasteiger partial charge in [0.1, 0.15) is 5.82 Å². The first-order valence-electron chi connectivity index (χ1n) is 5.67. The molecule has 0 aliphatic rings. The van der Waals surface area contributed by atoms with Gasteiger partial charge in [-0.3, -0.25) is 0 Å². The van der Waals surface area contributed by atoms with Crippen LogP contribution < -0.4 is 5.32 Å². The smallest absolute Gasteiger partial charge is 0.434 e. The van der Waals surface area contributed by atoms with Gasteiger partial charge in [-0.2, -0.15) is 13.2 Å². The summed E-state index contributed by atoms with van der Waals surface area (Å²) >= 11 is 0.933. The van der Waals surface area contributed by atoms with E-state index in [2.05, 4.69) is 20.3 Å². The fourth-order valence-electron chi connectivity index (χ4n) is 1.38. The Balaban J connectivity index is 1.86. The van der Waals surface area contributed by atoms with Gasteiger partial charge in [0.05, 0.1) is 17.4 Å². The third-order valence-electron chi connectivity index (χ3n) is 2.36. The summed E-state index contributed by atoms with van der Waals surface area (Å²) in [5.41, 5.74) is -1.08. The number of alkyl halides is 3. The van der Waals surface area contributed by atoms with Gasteiger partial charge in [-0.1, -0.05) is 0 Å². The highest BCUT2D eigenvalue weighted by Crippen LogP contribution is 2.30. The molecule has 10 heteroatoms. The van der Waals surface area contributed by atoms with E-state index in [0.717, 1.165) is 22.9 Å². The molecule has 0 saturated heterocycles. The second kappa shape index (κ2) is 6.04. The van der Waals surface area contributed by atoms with E-state index in [1.165, 1.54) is 6.20 Å². The first-order valence-corrected chi connectivity index (χ1v) is 6.55. The van der Waals surface area contributed by atoms with Crippen molar-refractivity contribution in [1.82, 2.24) is 15.0 Å². The summed E-state index contributed by atoms with van der Waals surface area (Å²) in [5.74, 6) is -0.843. The SMILES string of the molecule is O=C(O)c1cnc(NCCc2nc(C(F)(F)F)cs2)cn1. The lowest BCUT2D eigenvalue weighted by Gasteiger charge is -2.03. The Bertz CT molecular complexity index is 627. The van der Waals surface area contributed by atoms with E-state index in [-0.39, 0.29) is 5.69 Å². The average Bonchev–Trinajstić information content (AvgIpc) is 2.88. The van der Waals surface area contributed by atoms with Crippen LogP contribution >= 0.6 is 11.3 Å². The minimum absolute atomic E-state index is 0.185. The quantitative estimate of drug-likeness (QED) is 0.879. The van der Waals surface area contributed by atoms with E-state index < -0.39 is 17.8 Å². The van der Waals surface area contributed by atoms with Crippen LogP contribution in [0.15, 0.2) is 17.8 Å². The molecule has 2 aromatic heterocycles. The Hall–Kier alpha value is -2.23. The number of aromatic nitrogens is 3. The van der Waals surface area contributed by atoms with Crippen LogP contribution in [0.2, 0.25) is 0 Å². The van der Waals surface area contributed by atoms with Gasteiger partial charge in [0.15, 0.2) is 11.4 Å². The van der Waals surface area contributed by atoms with E-state index >= 15 is 0 Å². The number of carboxylic acid groups (broad SMARTS) is 1. The average molecular weight is 318 g/mol. The standard InChI is InChI=1S/C11H9F3N4O2S/c12-11(13,14)7-5-21-9(18-7)1-2-15-8-4-16-6(3-17-8)10(19)20/h3-5H,1-2H2,(H,15,17)(H,19,20). The molecule has 6 nitrogen and oxygen atoms in total. The van der Waals surface area contributed by atoms with Crippen molar-refractivity contribution < 1.29 is 23.1 Å². The molecule has 2 aromatic rings. The minimum Gasteiger partial charge on any atom is -0.476 e. The maximum absolute atomic E-state index is 12.4. The van der Waals surface area contributed by atoms with Crippen LogP contribution in [0.1, 0.15) is 21.2 Å². The number of thiazole rings is 1. The molecule has 0 bridgehead atoms. The third kappa shape index (κ3) is 4.12. The number of anilines is 1. The van der Waals surface area contributed by atoms with Gasteiger partial charge < -0.3 is 10.4 Å². The molecule has 0 radical (unpaired) electrons. The predicted molar refractivity (Wildman–Crippen MR) is 68.3 cm³/mol. The van der Waals surface area contributed by atoms with E-state index in [4.69, 9.17) is 5.11 Å². The molecular weight excluding hydrogens is 309 g/mol. The summed E-state index contributed by atoms with van der Waals surface area (Å²) in [4.78, 5) is 21.5. The van der Waals surface area contributed by atoms with Gasteiger partial charge in [0.25, 0.3) is 0 Å². The number of hydrogen-bond acceptors (Lipinski definition) is 6. The summed E-state index contributed by atoms with van der Waals surface area (Å²) in [5, 5.41) is 12.8. The number of nitrogens with one attached hydrogen (secondary N) is 1. The van der Waals surface area contributed by atoms with Crippen LogP contribution in [0, 0.1) is 0 Å². The van der Waals surface area contributed by atoms with Gasteiger partial charge >= 0.3 is 12.1 Å². The topological polar surface area (TPSA) is 88.0 Å². The molecule has 0 atom stereocenters. The molecule has 2 heterocycles. The number of aromatic carboxylic acids is 1. The van der Waals surface area contributed by atoms with Gasteiger partial charge in [0, 0.05) is 18.3 Å². The van der Waals surface area contributed by atoms with Gasteiger partial charge in [-0.25, -0.2) is 19.7 Å². The van der Waals surface area contributed by atoms with Crippen LogP contribution in [-0.2, 0) is 12.6 Å². The van der Waals surface area contributed by atoms with Crippen LogP contribution in [0.5, 0.6) is 0 Å². The molecule has 112 valence electrons. The fourth-order valence-corrected chi connectivity index (χ4v) is 2.19. The molecule has 2 rings (SSSR count). The summed E-state index contributed by atoms with van der Waals surface area (Å²) in [6.45, 7) is 0.311. The zero-order valence-corrected chi connectivity index (χ0v) is 11.2. The lowest BCUT2D eigenvalue weighted by molar-refractivity contribution is -0.140. The van der Waals surface area contributed by atoms with Crippen LogP contribution in [0.3, 0.4) is 0 Å². The van der Waals surface area contributed by atoms with Crippen LogP contribution in [-0.4, -0.2) is 32.6 Å². The molecular formula is C11H9F3N4O2S. The number of carboxylic acids is 1. The van der Waals surface area contributed by atoms with Crippen molar-refractivity contribution in [2.45, 2.75) is 12.6 Å². The number of rotatable bonds is 5. The molecule has 0 unspecified atom stereocenters. The number of carbonyl (C=O) groups is 1. The third-order valence-corrected chi connectivity index (χ3v) is 3.27. The highest BCUT2D eigenvalue weighted by atomic mass is 32.1. The molecule has 0 aromatic carbocycles. The molecule has 0 aliphatic heterocycles. The summed E-state index contributed by atoms with van der Waals surface area (Å²) in [7, 11) is 0. The zero-order valence-electron chi connectivity index (χ0n) is 10.4. The Morgan fingerprint density at radius 2 is 2.10 bits per heavy atom. The molecule has 0 amide bonds. The Morgan fingerprint density at radius 1 is 1.33 bits per heavy atom. The van der Waals surface area contributed by atoms with Crippen molar-refractivity contribution in [3.05, 3.63) is 34.2 Å². The molecule has 0 aliphatic carbocycles. The largest absolute Gasteiger partial charge is 0.476 e. The Labute approximate surface area is 120 Å². The van der Waals surface area contributed by atoms with Crippen molar-refractivity contribution in [2.75, 3.05) is 11.9 Å². The second-order valence-corrected chi connectivity index (χ2v) is 4.84. The normalized spacial score (nSPS) is 11.4. The lowest BCUT2D eigenvalue weighted by Crippen LogP contribution is -2.09. The maximum Gasteiger partial charge on any atom is 0.434 e. The fraction of sp³-hybridized carbons (Fsp3) is 0.273. The van der Waals surface area contributed by atoms with Crippen molar-refractivity contribution in [1.29, 1.82) is 0 Å². The molecule has 0 saturated carbocycles. The predicted octanol–water partition coefficient (Wildman–Crippen LogP) is 2.30. The van der Waals surface area contributed by atoms with Gasteiger partial charge in [-0.15, -0.1) is 11.3 Å². The minimum atomic E-state index is -4.43. The molecule has 2 N–H and O–H groups in total. The van der Waals surface area contributed by atoms with Crippen molar-refractivity contribution >= 4 is 23.1 Å². The first kappa shape index (κ1) is 15.2. The first-order chi connectivity index (χ1) is 9.86.